The lowest BCUT2D eigenvalue weighted by Crippen LogP contribution is -2.04. The molecule has 0 radical (unpaired) electrons. The van der Waals surface area contributed by atoms with E-state index in [0.717, 1.165) is 0 Å². The van der Waals surface area contributed by atoms with Crippen LogP contribution in [0.1, 0.15) is 35.0 Å². The molecule has 0 spiro atoms. The Labute approximate surface area is 57.9 Å². The molecule has 1 aliphatic carbocycles. The van der Waals surface area contributed by atoms with Crippen molar-refractivity contribution in [3.63, 3.8) is 0 Å². The molecular formula is C8H14O. The molecule has 52 valence electrons. The summed E-state index contributed by atoms with van der Waals surface area (Å²) in [4.78, 5) is 11.1. The van der Waals surface area contributed by atoms with Gasteiger partial charge in [0.1, 0.15) is 5.78 Å². The molecule has 1 fully saturated rings. The zero-order valence-electron chi connectivity index (χ0n) is 7.32. The average Bonchev–Trinajstić information content (AvgIpc) is 1.73. The van der Waals surface area contributed by atoms with Crippen molar-refractivity contribution < 1.29 is 6.17 Å². The van der Waals surface area contributed by atoms with Crippen LogP contribution in [0, 0.1) is 11.3 Å². The van der Waals surface area contributed by atoms with Crippen LogP contribution >= 0.6 is 0 Å². The first-order valence-corrected chi connectivity index (χ1v) is 3.37. The second kappa shape index (κ2) is 1.83. The van der Waals surface area contributed by atoms with Gasteiger partial charge in [0.2, 0.25) is 0 Å². The maximum Gasteiger partial charge on any atom is 0.136 e. The van der Waals surface area contributed by atoms with E-state index in [4.69, 9.17) is 1.37 Å². The highest BCUT2D eigenvalue weighted by Crippen LogP contribution is 2.37. The molecule has 1 unspecified atom stereocenters. The van der Waals surface area contributed by atoms with Gasteiger partial charge in [0.15, 0.2) is 0 Å². The van der Waals surface area contributed by atoms with Gasteiger partial charge in [-0.25, -0.2) is 0 Å². The van der Waals surface area contributed by atoms with E-state index in [9.17, 15) is 4.79 Å². The van der Waals surface area contributed by atoms with Crippen molar-refractivity contribution in [3.05, 3.63) is 0 Å². The summed E-state index contributed by atoms with van der Waals surface area (Å²) in [6.07, 6.45) is 1.28. The second-order valence-electron chi connectivity index (χ2n) is 3.72. The van der Waals surface area contributed by atoms with E-state index in [1.165, 1.54) is 0 Å². The van der Waals surface area contributed by atoms with Gasteiger partial charge in [-0.05, 0) is 11.8 Å². The van der Waals surface area contributed by atoms with Crippen molar-refractivity contribution in [2.24, 2.45) is 11.3 Å². The van der Waals surface area contributed by atoms with E-state index in [0.29, 0.717) is 12.8 Å². The van der Waals surface area contributed by atoms with Crippen LogP contribution < -0.4 is 0 Å². The molecule has 1 atom stereocenters. The van der Waals surface area contributed by atoms with Gasteiger partial charge in [-0.15, -0.1) is 0 Å². The molecule has 0 N–H and O–H groups in total. The number of carbonyl (C=O) groups excluding carboxylic acids is 1. The third kappa shape index (κ3) is 1.32. The van der Waals surface area contributed by atoms with Crippen LogP contribution in [0.25, 0.3) is 0 Å². The number of carbonyl (C=O) groups is 1. The van der Waals surface area contributed by atoms with Crippen molar-refractivity contribution in [1.82, 2.24) is 0 Å². The Morgan fingerprint density at radius 1 is 1.78 bits per heavy atom. The molecule has 1 saturated carbocycles. The average molecular weight is 127 g/mol. The molecule has 0 saturated heterocycles. The van der Waals surface area contributed by atoms with E-state index in [-0.39, 0.29) is 11.2 Å². The lowest BCUT2D eigenvalue weighted by molar-refractivity contribution is -0.120. The van der Waals surface area contributed by atoms with Crippen LogP contribution in [0.3, 0.4) is 0 Å². The largest absolute Gasteiger partial charge is 0.299 e. The molecule has 9 heavy (non-hydrogen) atoms. The molecular weight excluding hydrogens is 112 g/mol. The highest BCUT2D eigenvalue weighted by molar-refractivity contribution is 5.83. The summed E-state index contributed by atoms with van der Waals surface area (Å²) in [6.45, 7) is 5.81. The highest BCUT2D eigenvalue weighted by atomic mass is 16.1. The third-order valence-electron chi connectivity index (χ3n) is 1.86. The summed E-state index contributed by atoms with van der Waals surface area (Å²) in [5.41, 5.74) is 0.0631. The summed E-state index contributed by atoms with van der Waals surface area (Å²) >= 11 is 0. The Morgan fingerprint density at radius 3 is 2.44 bits per heavy atom. The third-order valence-corrected chi connectivity index (χ3v) is 1.86. The van der Waals surface area contributed by atoms with Crippen molar-refractivity contribution in [2.45, 2.75) is 33.6 Å². The van der Waals surface area contributed by atoms with Crippen molar-refractivity contribution in [2.75, 3.05) is 0 Å². The van der Waals surface area contributed by atoms with E-state index < -0.39 is 5.89 Å². The summed E-state index contributed by atoms with van der Waals surface area (Å²) < 4.78 is 7.60. The fourth-order valence-corrected chi connectivity index (χ4v) is 1.46. The number of rotatable bonds is 0. The Kier molecular flexibility index (Phi) is 1.11. The van der Waals surface area contributed by atoms with Crippen LogP contribution in [0.2, 0.25) is 0 Å². The van der Waals surface area contributed by atoms with E-state index >= 15 is 0 Å². The van der Waals surface area contributed by atoms with Crippen LogP contribution in [0.5, 0.6) is 0 Å². The number of hydrogen-bond donors (Lipinski definition) is 0. The maximum atomic E-state index is 11.1. The standard InChI is InChI=1S/C8H14O/c1-6-4-8(2,3)5-7(6)9/h6H,4-5H2,1-3H3/i6D. The highest BCUT2D eigenvalue weighted by Gasteiger charge is 2.34. The van der Waals surface area contributed by atoms with Gasteiger partial charge < -0.3 is 0 Å². The molecule has 0 bridgehead atoms. The first-order chi connectivity index (χ1) is 4.33. The molecule has 0 amide bonds. The normalized spacial score (nSPS) is 43.0. The van der Waals surface area contributed by atoms with Gasteiger partial charge in [0, 0.05) is 13.7 Å². The zero-order valence-corrected chi connectivity index (χ0v) is 6.32. The van der Waals surface area contributed by atoms with Gasteiger partial charge >= 0.3 is 0 Å². The topological polar surface area (TPSA) is 17.1 Å². The molecule has 1 aliphatic rings. The van der Waals surface area contributed by atoms with Crippen molar-refractivity contribution in [1.29, 1.82) is 0 Å². The maximum absolute atomic E-state index is 11.1. The van der Waals surface area contributed by atoms with Gasteiger partial charge in [0.25, 0.3) is 0 Å². The summed E-state index contributed by atoms with van der Waals surface area (Å²) in [7, 11) is 0. The Hall–Kier alpha value is -0.330. The van der Waals surface area contributed by atoms with Gasteiger partial charge in [-0.3, -0.25) is 4.79 Å². The first-order valence-electron chi connectivity index (χ1n) is 3.87. The molecule has 0 aromatic rings. The lowest BCUT2D eigenvalue weighted by Gasteiger charge is -2.13. The summed E-state index contributed by atoms with van der Waals surface area (Å²) in [5.74, 6) is -0.707. The predicted molar refractivity (Wildman–Crippen MR) is 37.2 cm³/mol. The van der Waals surface area contributed by atoms with Crippen LogP contribution in [-0.4, -0.2) is 5.78 Å². The molecule has 0 aliphatic heterocycles. The summed E-state index contributed by atoms with van der Waals surface area (Å²) in [6, 6.07) is 0. The van der Waals surface area contributed by atoms with E-state index in [1.54, 1.807) is 6.92 Å². The Bertz CT molecular complexity index is 170. The molecule has 1 rings (SSSR count). The Morgan fingerprint density at radius 2 is 2.33 bits per heavy atom. The minimum atomic E-state index is -0.802. The second-order valence-corrected chi connectivity index (χ2v) is 3.72. The van der Waals surface area contributed by atoms with Crippen molar-refractivity contribution >= 4 is 5.78 Å². The molecule has 0 aromatic heterocycles. The monoisotopic (exact) mass is 127 g/mol. The molecule has 0 aromatic carbocycles. The minimum Gasteiger partial charge on any atom is -0.299 e. The quantitative estimate of drug-likeness (QED) is 0.486. The SMILES string of the molecule is [2H]C1(C)CC(C)(C)CC1=O. The minimum absolute atomic E-state index is 0.0631. The molecule has 1 heteroatoms. The zero-order chi connectivity index (χ0) is 7.99. The van der Waals surface area contributed by atoms with Crippen LogP contribution in [-0.2, 0) is 4.79 Å². The van der Waals surface area contributed by atoms with E-state index in [2.05, 4.69) is 0 Å². The van der Waals surface area contributed by atoms with Crippen LogP contribution in [0.15, 0.2) is 0 Å². The number of ketones is 1. The fourth-order valence-electron chi connectivity index (χ4n) is 1.46. The van der Waals surface area contributed by atoms with Crippen LogP contribution in [0.4, 0.5) is 0 Å². The fraction of sp³-hybridized carbons (Fsp3) is 0.875. The van der Waals surface area contributed by atoms with Gasteiger partial charge in [-0.2, -0.15) is 0 Å². The first kappa shape index (κ1) is 5.45. The van der Waals surface area contributed by atoms with Gasteiger partial charge in [-0.1, -0.05) is 20.8 Å². The number of hydrogen-bond acceptors (Lipinski definition) is 1. The molecule has 0 heterocycles. The molecule has 1 nitrogen and oxygen atoms in total. The Balaban J connectivity index is 2.81. The number of Topliss-reactive ketones (excluding diaryl/α,β-unsaturated/α-hetero) is 1. The lowest BCUT2D eigenvalue weighted by atomic mass is 9.91. The smallest absolute Gasteiger partial charge is 0.136 e. The van der Waals surface area contributed by atoms with Gasteiger partial charge in [0.05, 0.1) is 0 Å². The predicted octanol–water partition coefficient (Wildman–Crippen LogP) is 2.01. The van der Waals surface area contributed by atoms with E-state index in [1.807, 2.05) is 13.8 Å². The summed E-state index contributed by atoms with van der Waals surface area (Å²) in [5, 5.41) is 0. The van der Waals surface area contributed by atoms with Crippen molar-refractivity contribution in [3.8, 4) is 0 Å².